The average molecular weight is 284 g/mol. The van der Waals surface area contributed by atoms with E-state index < -0.39 is 0 Å². The smallest absolute Gasteiger partial charge is 0.124 e. The van der Waals surface area contributed by atoms with Crippen LogP contribution in [0.15, 0.2) is 18.2 Å². The zero-order chi connectivity index (χ0) is 13.8. The van der Waals surface area contributed by atoms with Crippen molar-refractivity contribution in [2.45, 2.75) is 52.1 Å². The molecule has 0 amide bonds. The van der Waals surface area contributed by atoms with E-state index in [0.29, 0.717) is 17.0 Å². The van der Waals surface area contributed by atoms with Crippen LogP contribution in [0.5, 0.6) is 0 Å². The first-order valence-electron chi connectivity index (χ1n) is 7.25. The topological polar surface area (TPSA) is 12.0 Å². The van der Waals surface area contributed by atoms with Crippen LogP contribution < -0.4 is 5.32 Å². The Hall–Kier alpha value is -0.600. The maximum absolute atomic E-state index is 13.0. The van der Waals surface area contributed by atoms with Crippen LogP contribution in [0.2, 0.25) is 5.02 Å². The number of hydrogen-bond acceptors (Lipinski definition) is 1. The number of rotatable bonds is 4. The van der Waals surface area contributed by atoms with E-state index >= 15 is 0 Å². The highest BCUT2D eigenvalue weighted by Gasteiger charge is 2.26. The molecular weight excluding hydrogens is 261 g/mol. The normalized spacial score (nSPS) is 23.8. The van der Waals surface area contributed by atoms with Gasteiger partial charge in [-0.1, -0.05) is 44.4 Å². The van der Waals surface area contributed by atoms with E-state index in [0.717, 1.165) is 18.0 Å². The molecule has 2 atom stereocenters. The lowest BCUT2D eigenvalue weighted by Gasteiger charge is -2.35. The second kappa shape index (κ2) is 6.71. The Balaban J connectivity index is 1.96. The first-order valence-corrected chi connectivity index (χ1v) is 7.63. The summed E-state index contributed by atoms with van der Waals surface area (Å²) in [6, 6.07) is 5.20. The monoisotopic (exact) mass is 283 g/mol. The molecule has 1 nitrogen and oxygen atoms in total. The van der Waals surface area contributed by atoms with Gasteiger partial charge in [0.1, 0.15) is 5.82 Å². The Morgan fingerprint density at radius 3 is 2.74 bits per heavy atom. The van der Waals surface area contributed by atoms with E-state index in [1.165, 1.54) is 37.8 Å². The third kappa shape index (κ3) is 3.93. The summed E-state index contributed by atoms with van der Waals surface area (Å²) < 4.78 is 13.0. The molecule has 1 aliphatic carbocycles. The first kappa shape index (κ1) is 14.8. The van der Waals surface area contributed by atoms with Gasteiger partial charge in [0.25, 0.3) is 0 Å². The van der Waals surface area contributed by atoms with E-state index in [2.05, 4.69) is 19.2 Å². The Morgan fingerprint density at radius 2 is 2.05 bits per heavy atom. The molecule has 0 saturated heterocycles. The van der Waals surface area contributed by atoms with Gasteiger partial charge in [-0.3, -0.25) is 0 Å². The lowest BCUT2D eigenvalue weighted by Crippen LogP contribution is -2.40. The molecule has 19 heavy (non-hydrogen) atoms. The van der Waals surface area contributed by atoms with Gasteiger partial charge in [-0.2, -0.15) is 0 Å². The molecule has 0 aliphatic heterocycles. The van der Waals surface area contributed by atoms with Crippen molar-refractivity contribution in [1.82, 2.24) is 5.32 Å². The van der Waals surface area contributed by atoms with Crippen LogP contribution >= 0.6 is 11.6 Å². The van der Waals surface area contributed by atoms with Gasteiger partial charge in [0.2, 0.25) is 0 Å². The Morgan fingerprint density at radius 1 is 1.32 bits per heavy atom. The van der Waals surface area contributed by atoms with Crippen LogP contribution in [0, 0.1) is 17.7 Å². The molecule has 1 aromatic rings. The summed E-state index contributed by atoms with van der Waals surface area (Å²) in [5.74, 6) is 1.18. The predicted molar refractivity (Wildman–Crippen MR) is 78.8 cm³/mol. The number of benzene rings is 1. The minimum Gasteiger partial charge on any atom is -0.310 e. The van der Waals surface area contributed by atoms with Gasteiger partial charge in [-0.25, -0.2) is 4.39 Å². The molecule has 1 N–H and O–H groups in total. The zero-order valence-corrected chi connectivity index (χ0v) is 12.5. The molecule has 2 rings (SSSR count). The van der Waals surface area contributed by atoms with Gasteiger partial charge in [-0.15, -0.1) is 0 Å². The average Bonchev–Trinajstić information content (AvgIpc) is 2.38. The van der Waals surface area contributed by atoms with E-state index in [1.54, 1.807) is 6.07 Å². The van der Waals surface area contributed by atoms with Crippen molar-refractivity contribution >= 4 is 11.6 Å². The summed E-state index contributed by atoms with van der Waals surface area (Å²) in [4.78, 5) is 0. The van der Waals surface area contributed by atoms with E-state index in [1.807, 2.05) is 0 Å². The second-order valence-corrected chi connectivity index (χ2v) is 6.32. The molecule has 0 bridgehead atoms. The first-order chi connectivity index (χ1) is 9.08. The third-order valence-corrected chi connectivity index (χ3v) is 4.60. The van der Waals surface area contributed by atoms with Crippen LogP contribution in [0.25, 0.3) is 0 Å². The molecular formula is C16H23ClFN. The summed E-state index contributed by atoms with van der Waals surface area (Å²) >= 11 is 6.07. The standard InChI is InChI=1S/C16H23ClFN/c1-11(2)14-5-3-4-6-16(14)19-10-12-7-8-13(18)9-15(12)17/h7-9,11,14,16,19H,3-6,10H2,1-2H3. The third-order valence-electron chi connectivity index (χ3n) is 4.25. The largest absolute Gasteiger partial charge is 0.310 e. The maximum atomic E-state index is 13.0. The molecule has 3 heteroatoms. The molecule has 1 saturated carbocycles. The Labute approximate surface area is 120 Å². The van der Waals surface area contributed by atoms with E-state index in [9.17, 15) is 4.39 Å². The van der Waals surface area contributed by atoms with Gasteiger partial charge >= 0.3 is 0 Å². The zero-order valence-electron chi connectivity index (χ0n) is 11.8. The summed E-state index contributed by atoms with van der Waals surface area (Å²) in [5.41, 5.74) is 0.983. The van der Waals surface area contributed by atoms with Crippen LogP contribution in [0.3, 0.4) is 0 Å². The van der Waals surface area contributed by atoms with E-state index in [-0.39, 0.29) is 5.82 Å². The van der Waals surface area contributed by atoms with Crippen molar-refractivity contribution in [2.24, 2.45) is 11.8 Å². The SMILES string of the molecule is CC(C)C1CCCCC1NCc1ccc(F)cc1Cl. The fraction of sp³-hybridized carbons (Fsp3) is 0.625. The Bertz CT molecular complexity index is 419. The van der Waals surface area contributed by atoms with Crippen molar-refractivity contribution in [2.75, 3.05) is 0 Å². The van der Waals surface area contributed by atoms with Gasteiger partial charge in [0, 0.05) is 17.6 Å². The van der Waals surface area contributed by atoms with Crippen LogP contribution in [0.1, 0.15) is 45.1 Å². The molecule has 1 aromatic carbocycles. The van der Waals surface area contributed by atoms with Crippen molar-refractivity contribution in [1.29, 1.82) is 0 Å². The fourth-order valence-electron chi connectivity index (χ4n) is 3.12. The molecule has 0 aromatic heterocycles. The quantitative estimate of drug-likeness (QED) is 0.838. The molecule has 0 spiro atoms. The minimum absolute atomic E-state index is 0.272. The highest BCUT2D eigenvalue weighted by Crippen LogP contribution is 2.30. The number of hydrogen-bond donors (Lipinski definition) is 1. The lowest BCUT2D eigenvalue weighted by molar-refractivity contribution is 0.204. The molecule has 1 fully saturated rings. The lowest BCUT2D eigenvalue weighted by atomic mass is 9.78. The maximum Gasteiger partial charge on any atom is 0.124 e. The van der Waals surface area contributed by atoms with Crippen LogP contribution in [-0.4, -0.2) is 6.04 Å². The molecule has 106 valence electrons. The summed E-state index contributed by atoms with van der Waals surface area (Å²) in [6.45, 7) is 5.33. The molecule has 0 radical (unpaired) electrons. The van der Waals surface area contributed by atoms with Crippen molar-refractivity contribution < 1.29 is 4.39 Å². The molecule has 1 aliphatic rings. The van der Waals surface area contributed by atoms with E-state index in [4.69, 9.17) is 11.6 Å². The fourth-order valence-corrected chi connectivity index (χ4v) is 3.35. The van der Waals surface area contributed by atoms with Gasteiger partial charge in [-0.05, 0) is 42.4 Å². The predicted octanol–water partition coefficient (Wildman–Crippen LogP) is 4.78. The highest BCUT2D eigenvalue weighted by atomic mass is 35.5. The van der Waals surface area contributed by atoms with Gasteiger partial charge < -0.3 is 5.32 Å². The van der Waals surface area contributed by atoms with Crippen molar-refractivity contribution in [3.8, 4) is 0 Å². The summed E-state index contributed by atoms with van der Waals surface area (Å²) in [7, 11) is 0. The minimum atomic E-state index is -0.272. The van der Waals surface area contributed by atoms with Gasteiger partial charge in [0.15, 0.2) is 0 Å². The van der Waals surface area contributed by atoms with Crippen LogP contribution in [0.4, 0.5) is 4.39 Å². The van der Waals surface area contributed by atoms with Gasteiger partial charge in [0.05, 0.1) is 0 Å². The number of halogens is 2. The van der Waals surface area contributed by atoms with Crippen molar-refractivity contribution in [3.05, 3.63) is 34.6 Å². The molecule has 0 heterocycles. The summed E-state index contributed by atoms with van der Waals surface area (Å²) in [6.07, 6.45) is 5.20. The van der Waals surface area contributed by atoms with Crippen LogP contribution in [-0.2, 0) is 6.54 Å². The van der Waals surface area contributed by atoms with Crippen molar-refractivity contribution in [3.63, 3.8) is 0 Å². The summed E-state index contributed by atoms with van der Waals surface area (Å²) in [5, 5.41) is 4.14. The Kier molecular flexibility index (Phi) is 5.23. The number of nitrogens with one attached hydrogen (secondary N) is 1. The molecule has 2 unspecified atom stereocenters. The second-order valence-electron chi connectivity index (χ2n) is 5.92. The highest BCUT2D eigenvalue weighted by molar-refractivity contribution is 6.31.